The molecule has 1 aliphatic rings. The van der Waals surface area contributed by atoms with E-state index in [0.29, 0.717) is 0 Å². The minimum atomic E-state index is 0.0381. The van der Waals surface area contributed by atoms with Gasteiger partial charge in [0.05, 0.1) is 6.10 Å². The molecule has 0 spiro atoms. The van der Waals surface area contributed by atoms with Gasteiger partial charge in [-0.2, -0.15) is 0 Å². The van der Waals surface area contributed by atoms with Gasteiger partial charge in [0.15, 0.2) is 0 Å². The van der Waals surface area contributed by atoms with Crippen LogP contribution in [0.1, 0.15) is 30.1 Å². The van der Waals surface area contributed by atoms with Crippen molar-refractivity contribution in [3.8, 4) is 0 Å². The number of hydrogen-bond acceptors (Lipinski definition) is 3. The van der Waals surface area contributed by atoms with Gasteiger partial charge in [-0.3, -0.25) is 4.98 Å². The van der Waals surface area contributed by atoms with E-state index in [-0.39, 0.29) is 12.1 Å². The molecule has 3 nitrogen and oxygen atoms in total. The predicted molar refractivity (Wildman–Crippen MR) is 54.9 cm³/mol. The molecule has 2 atom stereocenters. The molecule has 1 aromatic rings. The molecule has 0 saturated carbocycles. The maximum Gasteiger partial charge on any atom is 0.0990 e. The summed E-state index contributed by atoms with van der Waals surface area (Å²) in [5.41, 5.74) is 8.27. The van der Waals surface area contributed by atoms with Crippen molar-refractivity contribution in [1.82, 2.24) is 4.98 Å². The number of ether oxygens (including phenoxy) is 1. The van der Waals surface area contributed by atoms with Gasteiger partial charge in [-0.15, -0.1) is 0 Å². The van der Waals surface area contributed by atoms with Crippen molar-refractivity contribution >= 4 is 0 Å². The van der Waals surface area contributed by atoms with Crippen LogP contribution in [-0.4, -0.2) is 17.6 Å². The SMILES string of the molecule is Cc1cncc([C@H]2OCCC[C@@H]2N)c1. The minimum Gasteiger partial charge on any atom is -0.372 e. The smallest absolute Gasteiger partial charge is 0.0990 e. The van der Waals surface area contributed by atoms with E-state index in [1.165, 1.54) is 0 Å². The molecule has 0 bridgehead atoms. The van der Waals surface area contributed by atoms with Gasteiger partial charge in [0.25, 0.3) is 0 Å². The first-order valence-electron chi connectivity index (χ1n) is 5.06. The Hall–Kier alpha value is -0.930. The van der Waals surface area contributed by atoms with Crippen LogP contribution in [0.15, 0.2) is 18.5 Å². The number of hydrogen-bond donors (Lipinski definition) is 1. The zero-order valence-electron chi connectivity index (χ0n) is 8.44. The van der Waals surface area contributed by atoms with Gasteiger partial charge in [-0.05, 0) is 25.3 Å². The molecule has 1 fully saturated rings. The van der Waals surface area contributed by atoms with Crippen LogP contribution in [-0.2, 0) is 4.74 Å². The first kappa shape index (κ1) is 9.62. The van der Waals surface area contributed by atoms with Crippen LogP contribution >= 0.6 is 0 Å². The van der Waals surface area contributed by atoms with Gasteiger partial charge in [0.2, 0.25) is 0 Å². The molecule has 2 rings (SSSR count). The lowest BCUT2D eigenvalue weighted by Crippen LogP contribution is -2.34. The third-order valence-electron chi connectivity index (χ3n) is 2.59. The van der Waals surface area contributed by atoms with Crippen LogP contribution in [0.2, 0.25) is 0 Å². The van der Waals surface area contributed by atoms with Crippen molar-refractivity contribution in [1.29, 1.82) is 0 Å². The lowest BCUT2D eigenvalue weighted by Gasteiger charge is -2.29. The number of nitrogens with two attached hydrogens (primary N) is 1. The average molecular weight is 192 g/mol. The lowest BCUT2D eigenvalue weighted by molar-refractivity contribution is -0.0000789. The van der Waals surface area contributed by atoms with E-state index in [2.05, 4.69) is 11.1 Å². The number of aryl methyl sites for hydroxylation is 1. The van der Waals surface area contributed by atoms with Crippen LogP contribution in [0.25, 0.3) is 0 Å². The van der Waals surface area contributed by atoms with E-state index in [1.807, 2.05) is 19.3 Å². The lowest BCUT2D eigenvalue weighted by atomic mass is 9.97. The molecule has 76 valence electrons. The van der Waals surface area contributed by atoms with E-state index in [9.17, 15) is 0 Å². The fourth-order valence-electron chi connectivity index (χ4n) is 1.88. The van der Waals surface area contributed by atoms with E-state index in [4.69, 9.17) is 10.5 Å². The van der Waals surface area contributed by atoms with E-state index < -0.39 is 0 Å². The maximum atomic E-state index is 6.01. The quantitative estimate of drug-likeness (QED) is 0.734. The number of aromatic nitrogens is 1. The Balaban J connectivity index is 2.20. The fourth-order valence-corrected chi connectivity index (χ4v) is 1.88. The molecule has 0 amide bonds. The van der Waals surface area contributed by atoms with Crippen LogP contribution in [0.5, 0.6) is 0 Å². The number of pyridine rings is 1. The number of nitrogens with zero attached hydrogens (tertiary/aromatic N) is 1. The summed E-state index contributed by atoms with van der Waals surface area (Å²) < 4.78 is 5.67. The topological polar surface area (TPSA) is 48.1 Å². The second kappa shape index (κ2) is 4.07. The average Bonchev–Trinajstić information content (AvgIpc) is 2.18. The van der Waals surface area contributed by atoms with Crippen molar-refractivity contribution in [2.75, 3.05) is 6.61 Å². The van der Waals surface area contributed by atoms with Crippen LogP contribution in [0, 0.1) is 6.92 Å². The first-order chi connectivity index (χ1) is 6.77. The molecule has 0 aromatic carbocycles. The summed E-state index contributed by atoms with van der Waals surface area (Å²) in [4.78, 5) is 4.16. The Morgan fingerprint density at radius 3 is 3.07 bits per heavy atom. The van der Waals surface area contributed by atoms with E-state index in [0.717, 1.165) is 30.6 Å². The molecule has 1 aromatic heterocycles. The summed E-state index contributed by atoms with van der Waals surface area (Å²) in [7, 11) is 0. The standard InChI is InChI=1S/C11H16N2O/c1-8-5-9(7-13-6-8)11-10(12)3-2-4-14-11/h5-7,10-11H,2-4,12H2,1H3/t10-,11+/m0/s1. The summed E-state index contributed by atoms with van der Waals surface area (Å²) in [6, 6.07) is 2.22. The highest BCUT2D eigenvalue weighted by molar-refractivity contribution is 5.20. The van der Waals surface area contributed by atoms with Crippen LogP contribution < -0.4 is 5.73 Å². The molecule has 2 heterocycles. The predicted octanol–water partition coefficient (Wildman–Crippen LogP) is 1.57. The third kappa shape index (κ3) is 1.94. The van der Waals surface area contributed by atoms with Crippen molar-refractivity contribution in [3.05, 3.63) is 29.6 Å². The fraction of sp³-hybridized carbons (Fsp3) is 0.545. The van der Waals surface area contributed by atoms with Gasteiger partial charge < -0.3 is 10.5 Å². The van der Waals surface area contributed by atoms with Gasteiger partial charge in [-0.25, -0.2) is 0 Å². The van der Waals surface area contributed by atoms with Gasteiger partial charge in [0.1, 0.15) is 0 Å². The Kier molecular flexibility index (Phi) is 2.79. The molecule has 2 N–H and O–H groups in total. The summed E-state index contributed by atoms with van der Waals surface area (Å²) in [5.74, 6) is 0. The Labute approximate surface area is 84.3 Å². The van der Waals surface area contributed by atoms with E-state index in [1.54, 1.807) is 0 Å². The summed E-state index contributed by atoms with van der Waals surface area (Å²) >= 11 is 0. The summed E-state index contributed by atoms with van der Waals surface area (Å²) in [5, 5.41) is 0. The van der Waals surface area contributed by atoms with Crippen molar-refractivity contribution in [2.45, 2.75) is 31.9 Å². The monoisotopic (exact) mass is 192 g/mol. The van der Waals surface area contributed by atoms with Gasteiger partial charge >= 0.3 is 0 Å². The normalized spacial score (nSPS) is 27.6. The highest BCUT2D eigenvalue weighted by atomic mass is 16.5. The molecule has 14 heavy (non-hydrogen) atoms. The van der Waals surface area contributed by atoms with Crippen LogP contribution in [0.3, 0.4) is 0 Å². The highest BCUT2D eigenvalue weighted by Crippen LogP contribution is 2.26. The molecular formula is C11H16N2O. The molecule has 0 radical (unpaired) electrons. The summed E-state index contributed by atoms with van der Waals surface area (Å²) in [6.07, 6.45) is 5.84. The molecular weight excluding hydrogens is 176 g/mol. The molecule has 0 unspecified atom stereocenters. The molecule has 1 saturated heterocycles. The molecule has 1 aliphatic heterocycles. The number of rotatable bonds is 1. The largest absolute Gasteiger partial charge is 0.372 e. The van der Waals surface area contributed by atoms with Crippen LogP contribution in [0.4, 0.5) is 0 Å². The zero-order valence-corrected chi connectivity index (χ0v) is 8.44. The van der Waals surface area contributed by atoms with Gasteiger partial charge in [-0.1, -0.05) is 6.07 Å². The second-order valence-electron chi connectivity index (χ2n) is 3.89. The maximum absolute atomic E-state index is 6.01. The highest BCUT2D eigenvalue weighted by Gasteiger charge is 2.24. The second-order valence-corrected chi connectivity index (χ2v) is 3.89. The molecule has 0 aliphatic carbocycles. The van der Waals surface area contributed by atoms with Gasteiger partial charge in [0, 0.05) is 30.6 Å². The third-order valence-corrected chi connectivity index (χ3v) is 2.59. The van der Waals surface area contributed by atoms with Crippen molar-refractivity contribution in [2.24, 2.45) is 5.73 Å². The van der Waals surface area contributed by atoms with Crippen molar-refractivity contribution in [3.63, 3.8) is 0 Å². The Morgan fingerprint density at radius 2 is 2.36 bits per heavy atom. The minimum absolute atomic E-state index is 0.0381. The zero-order chi connectivity index (χ0) is 9.97. The first-order valence-corrected chi connectivity index (χ1v) is 5.06. The van der Waals surface area contributed by atoms with Crippen molar-refractivity contribution < 1.29 is 4.74 Å². The Bertz CT molecular complexity index is 314. The Morgan fingerprint density at radius 1 is 1.50 bits per heavy atom. The van der Waals surface area contributed by atoms with E-state index >= 15 is 0 Å². The molecule has 3 heteroatoms. The summed E-state index contributed by atoms with van der Waals surface area (Å²) in [6.45, 7) is 2.84.